The van der Waals surface area contributed by atoms with Crippen molar-refractivity contribution >= 4 is 16.6 Å². The Kier molecular flexibility index (Phi) is 3.24. The van der Waals surface area contributed by atoms with Gasteiger partial charge in [-0.1, -0.05) is 36.4 Å². The molecule has 2 aromatic rings. The molecule has 0 saturated heterocycles. The first kappa shape index (κ1) is 11.4. The summed E-state index contributed by atoms with van der Waals surface area (Å²) < 4.78 is 0. The second kappa shape index (κ2) is 4.83. The molecule has 0 radical (unpaired) electrons. The molecular formula is C15H15NO. The molecular weight excluding hydrogens is 210 g/mol. The van der Waals surface area contributed by atoms with E-state index in [1.165, 1.54) is 0 Å². The van der Waals surface area contributed by atoms with Crippen molar-refractivity contribution in [2.75, 3.05) is 14.1 Å². The smallest absolute Gasteiger partial charge is 0.187 e. The molecule has 0 aliphatic rings. The molecule has 0 saturated carbocycles. The Bertz CT molecular complexity index is 570. The summed E-state index contributed by atoms with van der Waals surface area (Å²) in [7, 11) is 3.79. The lowest BCUT2D eigenvalue weighted by atomic mass is 10.0. The Balaban J connectivity index is 2.33. The number of nitrogens with zero attached hydrogens (tertiary/aromatic N) is 1. The Morgan fingerprint density at radius 2 is 1.76 bits per heavy atom. The normalized spacial score (nSPS) is 10.9. The summed E-state index contributed by atoms with van der Waals surface area (Å²) in [5, 5.41) is 2.25. The van der Waals surface area contributed by atoms with Crippen LogP contribution >= 0.6 is 0 Å². The van der Waals surface area contributed by atoms with Crippen LogP contribution in [0.5, 0.6) is 0 Å². The topological polar surface area (TPSA) is 20.3 Å². The van der Waals surface area contributed by atoms with Gasteiger partial charge in [-0.3, -0.25) is 4.79 Å². The van der Waals surface area contributed by atoms with Crippen LogP contribution in [0.3, 0.4) is 0 Å². The highest BCUT2D eigenvalue weighted by molar-refractivity contribution is 6.06. The lowest BCUT2D eigenvalue weighted by molar-refractivity contribution is 0.104. The maximum Gasteiger partial charge on any atom is 0.187 e. The van der Waals surface area contributed by atoms with Crippen LogP contribution in [-0.2, 0) is 0 Å². The van der Waals surface area contributed by atoms with Crippen LogP contribution in [0, 0.1) is 0 Å². The number of allylic oxidation sites excluding steroid dienone is 1. The molecule has 0 heterocycles. The minimum absolute atomic E-state index is 0.0319. The van der Waals surface area contributed by atoms with Crippen LogP contribution in [0.2, 0.25) is 0 Å². The summed E-state index contributed by atoms with van der Waals surface area (Å²) in [6.45, 7) is 0. The number of carbonyl (C=O) groups is 1. The van der Waals surface area contributed by atoms with Crippen molar-refractivity contribution in [1.82, 2.24) is 4.90 Å². The second-order valence-electron chi connectivity index (χ2n) is 4.21. The van der Waals surface area contributed by atoms with Gasteiger partial charge < -0.3 is 4.90 Å². The van der Waals surface area contributed by atoms with Crippen molar-refractivity contribution in [1.29, 1.82) is 0 Å². The van der Waals surface area contributed by atoms with Gasteiger partial charge in [-0.25, -0.2) is 0 Å². The number of carbonyl (C=O) groups excluding carboxylic acids is 1. The molecule has 2 aromatic carbocycles. The zero-order valence-electron chi connectivity index (χ0n) is 10.1. The molecule has 0 aromatic heterocycles. The fraction of sp³-hybridized carbons (Fsp3) is 0.133. The highest BCUT2D eigenvalue weighted by Gasteiger charge is 2.02. The van der Waals surface area contributed by atoms with Gasteiger partial charge in [0.25, 0.3) is 0 Å². The van der Waals surface area contributed by atoms with Crippen LogP contribution in [0.15, 0.2) is 54.7 Å². The third-order valence-electron chi connectivity index (χ3n) is 2.56. The first-order chi connectivity index (χ1) is 8.16. The molecule has 0 amide bonds. The zero-order chi connectivity index (χ0) is 12.3. The van der Waals surface area contributed by atoms with Crippen LogP contribution in [0.4, 0.5) is 0 Å². The molecule has 0 bridgehead atoms. The monoisotopic (exact) mass is 225 g/mol. The van der Waals surface area contributed by atoms with Crippen molar-refractivity contribution in [3.05, 3.63) is 60.3 Å². The first-order valence-corrected chi connectivity index (χ1v) is 5.54. The Morgan fingerprint density at radius 1 is 1.06 bits per heavy atom. The summed E-state index contributed by atoms with van der Waals surface area (Å²) in [5.41, 5.74) is 0.724. The average Bonchev–Trinajstić information content (AvgIpc) is 2.35. The molecule has 0 aliphatic carbocycles. The Labute approximate surface area is 101 Å². The average molecular weight is 225 g/mol. The van der Waals surface area contributed by atoms with Gasteiger partial charge in [0.2, 0.25) is 0 Å². The third kappa shape index (κ3) is 2.72. The second-order valence-corrected chi connectivity index (χ2v) is 4.21. The van der Waals surface area contributed by atoms with Gasteiger partial charge in [0.05, 0.1) is 0 Å². The molecule has 0 atom stereocenters. The number of benzene rings is 2. The summed E-state index contributed by atoms with van der Waals surface area (Å²) in [5.74, 6) is 0.0319. The number of rotatable bonds is 3. The van der Waals surface area contributed by atoms with E-state index in [1.54, 1.807) is 12.3 Å². The van der Waals surface area contributed by atoms with E-state index >= 15 is 0 Å². The quantitative estimate of drug-likeness (QED) is 0.591. The zero-order valence-corrected chi connectivity index (χ0v) is 10.1. The molecule has 2 rings (SSSR count). The maximum absolute atomic E-state index is 11.9. The van der Waals surface area contributed by atoms with Gasteiger partial charge in [0, 0.05) is 31.9 Å². The fourth-order valence-corrected chi connectivity index (χ4v) is 1.66. The van der Waals surface area contributed by atoms with Gasteiger partial charge in [0.1, 0.15) is 0 Å². The van der Waals surface area contributed by atoms with E-state index in [0.29, 0.717) is 0 Å². The van der Waals surface area contributed by atoms with Crippen LogP contribution < -0.4 is 0 Å². The molecule has 2 heteroatoms. The van der Waals surface area contributed by atoms with Crippen LogP contribution in [0.1, 0.15) is 10.4 Å². The number of fused-ring (bicyclic) bond motifs is 1. The van der Waals surface area contributed by atoms with E-state index in [-0.39, 0.29) is 5.78 Å². The predicted octanol–water partition coefficient (Wildman–Crippen LogP) is 3.10. The van der Waals surface area contributed by atoms with Gasteiger partial charge in [-0.15, -0.1) is 0 Å². The van der Waals surface area contributed by atoms with Crippen molar-refractivity contribution < 1.29 is 4.79 Å². The number of hydrogen-bond donors (Lipinski definition) is 0. The SMILES string of the molecule is CN(C)C=CC(=O)c1ccc2ccccc2c1. The van der Waals surface area contributed by atoms with E-state index in [0.717, 1.165) is 16.3 Å². The van der Waals surface area contributed by atoms with Crippen molar-refractivity contribution in [3.63, 3.8) is 0 Å². The fourth-order valence-electron chi connectivity index (χ4n) is 1.66. The summed E-state index contributed by atoms with van der Waals surface area (Å²) in [6, 6.07) is 13.8. The van der Waals surface area contributed by atoms with Crippen molar-refractivity contribution in [2.24, 2.45) is 0 Å². The molecule has 0 aliphatic heterocycles. The summed E-state index contributed by atoms with van der Waals surface area (Å²) >= 11 is 0. The summed E-state index contributed by atoms with van der Waals surface area (Å²) in [4.78, 5) is 13.7. The van der Waals surface area contributed by atoms with Crippen LogP contribution in [-0.4, -0.2) is 24.8 Å². The molecule has 0 unspecified atom stereocenters. The highest BCUT2D eigenvalue weighted by Crippen LogP contribution is 2.16. The number of hydrogen-bond acceptors (Lipinski definition) is 2. The molecule has 0 fully saturated rings. The highest BCUT2D eigenvalue weighted by atomic mass is 16.1. The minimum Gasteiger partial charge on any atom is -0.383 e. The molecule has 0 spiro atoms. The van der Waals surface area contributed by atoms with Gasteiger partial charge in [0.15, 0.2) is 5.78 Å². The van der Waals surface area contributed by atoms with E-state index in [1.807, 2.05) is 61.5 Å². The minimum atomic E-state index is 0.0319. The van der Waals surface area contributed by atoms with Crippen molar-refractivity contribution in [3.8, 4) is 0 Å². The standard InChI is InChI=1S/C15H15NO/c1-16(2)10-9-15(17)14-8-7-12-5-3-4-6-13(12)11-14/h3-11H,1-2H3. The predicted molar refractivity (Wildman–Crippen MR) is 71.1 cm³/mol. The van der Waals surface area contributed by atoms with Crippen LogP contribution in [0.25, 0.3) is 10.8 Å². The third-order valence-corrected chi connectivity index (χ3v) is 2.56. The first-order valence-electron chi connectivity index (χ1n) is 5.54. The molecule has 86 valence electrons. The maximum atomic E-state index is 11.9. The Hall–Kier alpha value is -2.09. The number of ketones is 1. The van der Waals surface area contributed by atoms with Gasteiger partial charge in [-0.2, -0.15) is 0 Å². The van der Waals surface area contributed by atoms with Gasteiger partial charge in [-0.05, 0) is 16.8 Å². The van der Waals surface area contributed by atoms with E-state index in [9.17, 15) is 4.79 Å². The lowest BCUT2D eigenvalue weighted by Gasteiger charge is -2.03. The van der Waals surface area contributed by atoms with E-state index in [2.05, 4.69) is 0 Å². The molecule has 0 N–H and O–H groups in total. The summed E-state index contributed by atoms with van der Waals surface area (Å²) in [6.07, 6.45) is 3.35. The molecule has 2 nitrogen and oxygen atoms in total. The van der Waals surface area contributed by atoms with E-state index in [4.69, 9.17) is 0 Å². The van der Waals surface area contributed by atoms with E-state index < -0.39 is 0 Å². The lowest BCUT2D eigenvalue weighted by Crippen LogP contribution is -2.03. The largest absolute Gasteiger partial charge is 0.383 e. The Morgan fingerprint density at radius 3 is 2.47 bits per heavy atom. The van der Waals surface area contributed by atoms with Crippen molar-refractivity contribution in [2.45, 2.75) is 0 Å². The van der Waals surface area contributed by atoms with Gasteiger partial charge >= 0.3 is 0 Å². The molecule has 17 heavy (non-hydrogen) atoms.